The number of hydrogen-bond acceptors (Lipinski definition) is 7. The second-order valence-corrected chi connectivity index (χ2v) is 9.01. The van der Waals surface area contributed by atoms with E-state index in [0.29, 0.717) is 31.1 Å². The Hall–Kier alpha value is -3.26. The Morgan fingerprint density at radius 3 is 2.69 bits per heavy atom. The maximum Gasteiger partial charge on any atom is 0.231 e. The summed E-state index contributed by atoms with van der Waals surface area (Å²) in [5, 5.41) is 15.7. The summed E-state index contributed by atoms with van der Waals surface area (Å²) in [4.78, 5) is 7.91. The zero-order valence-corrected chi connectivity index (χ0v) is 19.9. The van der Waals surface area contributed by atoms with Crippen molar-refractivity contribution < 1.29 is 24.2 Å². The summed E-state index contributed by atoms with van der Waals surface area (Å²) in [5.74, 6) is 2.18. The molecule has 2 aliphatic rings. The molecule has 0 saturated heterocycles. The Labute approximate surface area is 209 Å². The van der Waals surface area contributed by atoms with Crippen LogP contribution < -0.4 is 14.2 Å². The summed E-state index contributed by atoms with van der Waals surface area (Å²) in [6.07, 6.45) is -0.191. The molecule has 182 valence electrons. The molecule has 5 rings (SSSR count). The zero-order chi connectivity index (χ0) is 24.0. The van der Waals surface area contributed by atoms with Gasteiger partial charge in [-0.15, -0.1) is 0 Å². The maximum atomic E-state index is 10.7. The highest BCUT2D eigenvalue weighted by Crippen LogP contribution is 2.33. The molecule has 8 heteroatoms. The van der Waals surface area contributed by atoms with Gasteiger partial charge in [0, 0.05) is 36.6 Å². The number of aliphatic hydroxyl groups excluding tert-OH is 1. The minimum Gasteiger partial charge on any atom is -0.491 e. The van der Waals surface area contributed by atoms with E-state index in [1.165, 1.54) is 0 Å². The molecule has 0 saturated carbocycles. The van der Waals surface area contributed by atoms with Gasteiger partial charge in [-0.1, -0.05) is 53.2 Å². The lowest BCUT2D eigenvalue weighted by molar-refractivity contribution is 0.0213. The Morgan fingerprint density at radius 1 is 1.03 bits per heavy atom. The van der Waals surface area contributed by atoms with Crippen molar-refractivity contribution in [1.29, 1.82) is 0 Å². The lowest BCUT2D eigenvalue weighted by atomic mass is 10.0. The van der Waals surface area contributed by atoms with Crippen LogP contribution in [0.2, 0.25) is 5.02 Å². The Bertz CT molecular complexity index is 1170. The number of para-hydroxylation sites is 1. The number of halogens is 1. The summed E-state index contributed by atoms with van der Waals surface area (Å²) in [5.41, 5.74) is 2.80. The highest BCUT2D eigenvalue weighted by molar-refractivity contribution is 6.31. The summed E-state index contributed by atoms with van der Waals surface area (Å²) in [7, 11) is 0. The monoisotopic (exact) mass is 494 g/mol. The fourth-order valence-electron chi connectivity index (χ4n) is 4.19. The van der Waals surface area contributed by atoms with Crippen LogP contribution in [0, 0.1) is 0 Å². The van der Waals surface area contributed by atoms with E-state index in [1.807, 2.05) is 72.8 Å². The first kappa shape index (κ1) is 23.5. The SMILES string of the molecule is O[C@@H](COc1ccccc1)CN(Cc1ccccc1Cl)C[C@H]1CC(c2ccc3c(c2)OCO3)=NO1. The van der Waals surface area contributed by atoms with Crippen molar-refractivity contribution in [2.24, 2.45) is 5.16 Å². The van der Waals surface area contributed by atoms with Crippen molar-refractivity contribution in [3.8, 4) is 17.2 Å². The van der Waals surface area contributed by atoms with Crippen LogP contribution in [0.25, 0.3) is 0 Å². The van der Waals surface area contributed by atoms with Gasteiger partial charge in [0.1, 0.15) is 24.6 Å². The number of benzene rings is 3. The van der Waals surface area contributed by atoms with Crippen LogP contribution in [-0.2, 0) is 11.4 Å². The van der Waals surface area contributed by atoms with E-state index in [9.17, 15) is 5.11 Å². The summed E-state index contributed by atoms with van der Waals surface area (Å²) in [6.45, 7) is 1.97. The van der Waals surface area contributed by atoms with Crippen molar-refractivity contribution >= 4 is 17.3 Å². The van der Waals surface area contributed by atoms with Gasteiger partial charge in [0.2, 0.25) is 6.79 Å². The molecule has 3 aromatic rings. The predicted molar refractivity (Wildman–Crippen MR) is 133 cm³/mol. The third-order valence-corrected chi connectivity index (χ3v) is 6.28. The molecular weight excluding hydrogens is 468 g/mol. The molecule has 0 amide bonds. The van der Waals surface area contributed by atoms with Gasteiger partial charge in [-0.2, -0.15) is 0 Å². The summed E-state index contributed by atoms with van der Waals surface area (Å²) >= 11 is 6.42. The molecule has 0 bridgehead atoms. The second kappa shape index (κ2) is 11.0. The zero-order valence-electron chi connectivity index (χ0n) is 19.2. The number of aliphatic hydroxyl groups is 1. The van der Waals surface area contributed by atoms with E-state index in [0.717, 1.165) is 34.1 Å². The molecule has 0 fully saturated rings. The van der Waals surface area contributed by atoms with Crippen LogP contribution in [0.1, 0.15) is 17.5 Å². The van der Waals surface area contributed by atoms with Crippen molar-refractivity contribution in [3.63, 3.8) is 0 Å². The van der Waals surface area contributed by atoms with Crippen LogP contribution >= 0.6 is 11.6 Å². The quantitative estimate of drug-likeness (QED) is 0.447. The van der Waals surface area contributed by atoms with Gasteiger partial charge in [0.25, 0.3) is 0 Å². The maximum absolute atomic E-state index is 10.7. The first-order valence-corrected chi connectivity index (χ1v) is 12.0. The number of hydrogen-bond donors (Lipinski definition) is 1. The standard InChI is InChI=1S/C27H27ClN2O5/c28-24-9-5-4-6-20(24)14-30(15-21(31)17-32-22-7-2-1-3-8-22)16-23-13-25(29-35-23)19-10-11-26-27(12-19)34-18-33-26/h1-12,21,23,31H,13-18H2/t21-,23-/m1/s1. The third-order valence-electron chi connectivity index (χ3n) is 5.91. The molecule has 0 radical (unpaired) electrons. The largest absolute Gasteiger partial charge is 0.491 e. The second-order valence-electron chi connectivity index (χ2n) is 8.60. The van der Waals surface area contributed by atoms with Crippen molar-refractivity contribution in [3.05, 3.63) is 88.9 Å². The first-order chi connectivity index (χ1) is 17.1. The molecule has 0 spiro atoms. The Balaban J connectivity index is 1.22. The highest BCUT2D eigenvalue weighted by Gasteiger charge is 2.27. The van der Waals surface area contributed by atoms with E-state index < -0.39 is 6.10 Å². The summed E-state index contributed by atoms with van der Waals surface area (Å²) in [6, 6.07) is 23.0. The molecule has 0 aromatic heterocycles. The molecular formula is C27H27ClN2O5. The van der Waals surface area contributed by atoms with E-state index >= 15 is 0 Å². The van der Waals surface area contributed by atoms with Gasteiger partial charge in [0.05, 0.1) is 5.71 Å². The fraction of sp³-hybridized carbons (Fsp3) is 0.296. The predicted octanol–water partition coefficient (Wildman–Crippen LogP) is 4.50. The molecule has 2 heterocycles. The highest BCUT2D eigenvalue weighted by atomic mass is 35.5. The number of oxime groups is 1. The third kappa shape index (κ3) is 6.06. The lowest BCUT2D eigenvalue weighted by Crippen LogP contribution is -2.39. The van der Waals surface area contributed by atoms with E-state index in [-0.39, 0.29) is 19.5 Å². The van der Waals surface area contributed by atoms with Gasteiger partial charge in [-0.05, 0) is 42.0 Å². The molecule has 2 aliphatic heterocycles. The van der Waals surface area contributed by atoms with E-state index in [4.69, 9.17) is 30.6 Å². The molecule has 2 atom stereocenters. The van der Waals surface area contributed by atoms with Gasteiger partial charge in [0.15, 0.2) is 11.5 Å². The van der Waals surface area contributed by atoms with Crippen LogP contribution in [0.3, 0.4) is 0 Å². The van der Waals surface area contributed by atoms with Gasteiger partial charge in [-0.25, -0.2) is 0 Å². The Kier molecular flexibility index (Phi) is 7.37. The topological polar surface area (TPSA) is 72.8 Å². The van der Waals surface area contributed by atoms with Crippen LogP contribution in [0.5, 0.6) is 17.2 Å². The van der Waals surface area contributed by atoms with Gasteiger partial charge in [-0.3, -0.25) is 4.90 Å². The number of rotatable bonds is 10. The van der Waals surface area contributed by atoms with Crippen LogP contribution in [0.15, 0.2) is 78.0 Å². The van der Waals surface area contributed by atoms with Gasteiger partial charge >= 0.3 is 0 Å². The number of ether oxygens (including phenoxy) is 3. The molecule has 3 aromatic carbocycles. The Morgan fingerprint density at radius 2 is 1.83 bits per heavy atom. The number of nitrogens with zero attached hydrogens (tertiary/aromatic N) is 2. The van der Waals surface area contributed by atoms with E-state index in [2.05, 4.69) is 10.1 Å². The smallest absolute Gasteiger partial charge is 0.231 e. The van der Waals surface area contributed by atoms with Crippen LogP contribution in [0.4, 0.5) is 0 Å². The van der Waals surface area contributed by atoms with E-state index in [1.54, 1.807) is 0 Å². The fourth-order valence-corrected chi connectivity index (χ4v) is 4.39. The van der Waals surface area contributed by atoms with Crippen molar-refractivity contribution in [2.75, 3.05) is 26.5 Å². The molecule has 7 nitrogen and oxygen atoms in total. The summed E-state index contributed by atoms with van der Waals surface area (Å²) < 4.78 is 16.6. The molecule has 35 heavy (non-hydrogen) atoms. The van der Waals surface area contributed by atoms with Crippen molar-refractivity contribution in [2.45, 2.75) is 25.2 Å². The van der Waals surface area contributed by atoms with Crippen molar-refractivity contribution in [1.82, 2.24) is 4.90 Å². The first-order valence-electron chi connectivity index (χ1n) is 11.6. The molecule has 0 aliphatic carbocycles. The minimum atomic E-state index is -0.687. The van der Waals surface area contributed by atoms with Gasteiger partial charge < -0.3 is 24.2 Å². The lowest BCUT2D eigenvalue weighted by Gasteiger charge is -2.27. The molecule has 1 N–H and O–H groups in total. The van der Waals surface area contributed by atoms with Crippen LogP contribution in [-0.4, -0.2) is 54.4 Å². The number of fused-ring (bicyclic) bond motifs is 1. The minimum absolute atomic E-state index is 0.153. The average Bonchev–Trinajstić information content (AvgIpc) is 3.54. The normalized spacial score (nSPS) is 17.2. The average molecular weight is 495 g/mol. The molecule has 0 unspecified atom stereocenters.